The van der Waals surface area contributed by atoms with Crippen molar-refractivity contribution in [2.24, 2.45) is 5.10 Å². The second-order valence-corrected chi connectivity index (χ2v) is 4.86. The van der Waals surface area contributed by atoms with Crippen LogP contribution in [0.2, 0.25) is 0 Å². The standard InChI is InChI=1S/C16H17N3O3/c1-19(2)13-6-4-3-5-12(13)16(22)18-17-10-11-7-8-14(20)15(21)9-11/h3-10,20-21H,1-2H3,(H,18,22). The van der Waals surface area contributed by atoms with Crippen LogP contribution in [0.15, 0.2) is 47.6 Å². The quantitative estimate of drug-likeness (QED) is 0.457. The molecule has 0 aromatic heterocycles. The van der Waals surface area contributed by atoms with Gasteiger partial charge in [0.1, 0.15) is 0 Å². The summed E-state index contributed by atoms with van der Waals surface area (Å²) in [6.07, 6.45) is 1.38. The highest BCUT2D eigenvalue weighted by molar-refractivity contribution is 6.00. The van der Waals surface area contributed by atoms with E-state index in [-0.39, 0.29) is 17.4 Å². The molecule has 0 aliphatic carbocycles. The molecule has 3 N–H and O–H groups in total. The van der Waals surface area contributed by atoms with Crippen molar-refractivity contribution in [1.82, 2.24) is 5.43 Å². The molecule has 6 nitrogen and oxygen atoms in total. The zero-order valence-corrected chi connectivity index (χ0v) is 12.3. The maximum Gasteiger partial charge on any atom is 0.273 e. The molecule has 1 amide bonds. The number of benzene rings is 2. The number of phenols is 2. The molecule has 0 aliphatic heterocycles. The van der Waals surface area contributed by atoms with Gasteiger partial charge in [0.2, 0.25) is 0 Å². The maximum absolute atomic E-state index is 12.1. The maximum atomic E-state index is 12.1. The van der Waals surface area contributed by atoms with Crippen molar-refractivity contribution >= 4 is 17.8 Å². The lowest BCUT2D eigenvalue weighted by molar-refractivity contribution is 0.0955. The van der Waals surface area contributed by atoms with Crippen molar-refractivity contribution in [2.45, 2.75) is 0 Å². The minimum absolute atomic E-state index is 0.207. The van der Waals surface area contributed by atoms with E-state index in [0.29, 0.717) is 11.1 Å². The number of rotatable bonds is 4. The van der Waals surface area contributed by atoms with Gasteiger partial charge in [-0.2, -0.15) is 5.10 Å². The lowest BCUT2D eigenvalue weighted by Crippen LogP contribution is -2.21. The summed E-state index contributed by atoms with van der Waals surface area (Å²) in [5.74, 6) is -0.780. The predicted octanol–water partition coefficient (Wildman–Crippen LogP) is 1.93. The average Bonchev–Trinajstić information content (AvgIpc) is 2.50. The first-order chi connectivity index (χ1) is 10.5. The highest BCUT2D eigenvalue weighted by atomic mass is 16.3. The number of nitrogens with zero attached hydrogens (tertiary/aromatic N) is 2. The molecule has 0 bridgehead atoms. The van der Waals surface area contributed by atoms with E-state index in [0.717, 1.165) is 5.69 Å². The van der Waals surface area contributed by atoms with Crippen LogP contribution in [0.5, 0.6) is 11.5 Å². The Morgan fingerprint density at radius 2 is 1.86 bits per heavy atom. The van der Waals surface area contributed by atoms with Crippen molar-refractivity contribution in [3.8, 4) is 11.5 Å². The summed E-state index contributed by atoms with van der Waals surface area (Å²) >= 11 is 0. The average molecular weight is 299 g/mol. The molecule has 22 heavy (non-hydrogen) atoms. The van der Waals surface area contributed by atoms with Gasteiger partial charge in [-0.05, 0) is 35.9 Å². The van der Waals surface area contributed by atoms with Crippen molar-refractivity contribution in [3.63, 3.8) is 0 Å². The van der Waals surface area contributed by atoms with E-state index in [1.165, 1.54) is 18.3 Å². The Morgan fingerprint density at radius 3 is 2.55 bits per heavy atom. The van der Waals surface area contributed by atoms with Gasteiger partial charge in [-0.15, -0.1) is 0 Å². The molecule has 0 saturated heterocycles. The molecular weight excluding hydrogens is 282 g/mol. The van der Waals surface area contributed by atoms with Crippen molar-refractivity contribution in [1.29, 1.82) is 0 Å². The number of hydrogen-bond acceptors (Lipinski definition) is 5. The number of amides is 1. The Hall–Kier alpha value is -3.02. The van der Waals surface area contributed by atoms with E-state index in [1.807, 2.05) is 31.1 Å². The Labute approximate surface area is 128 Å². The SMILES string of the molecule is CN(C)c1ccccc1C(=O)NN=Cc1ccc(O)c(O)c1. The van der Waals surface area contributed by atoms with Crippen molar-refractivity contribution in [2.75, 3.05) is 19.0 Å². The van der Waals surface area contributed by atoms with Gasteiger partial charge in [0.15, 0.2) is 11.5 Å². The highest BCUT2D eigenvalue weighted by Gasteiger charge is 2.11. The first-order valence-corrected chi connectivity index (χ1v) is 6.61. The van der Waals surface area contributed by atoms with Crippen LogP contribution >= 0.6 is 0 Å². The first-order valence-electron chi connectivity index (χ1n) is 6.61. The minimum atomic E-state index is -0.330. The summed E-state index contributed by atoms with van der Waals surface area (Å²) < 4.78 is 0. The number of carbonyl (C=O) groups excluding carboxylic acids is 1. The molecule has 0 saturated carbocycles. The van der Waals surface area contributed by atoms with Gasteiger partial charge < -0.3 is 15.1 Å². The Kier molecular flexibility index (Phi) is 4.63. The third-order valence-electron chi connectivity index (χ3n) is 3.01. The van der Waals surface area contributed by atoms with Gasteiger partial charge in [-0.25, -0.2) is 5.43 Å². The molecule has 0 heterocycles. The Bertz CT molecular complexity index is 712. The fraction of sp³-hybridized carbons (Fsp3) is 0.125. The second-order valence-electron chi connectivity index (χ2n) is 4.86. The number of nitrogens with one attached hydrogen (secondary N) is 1. The van der Waals surface area contributed by atoms with E-state index < -0.39 is 0 Å². The van der Waals surface area contributed by atoms with E-state index >= 15 is 0 Å². The molecule has 0 aliphatic rings. The van der Waals surface area contributed by atoms with Gasteiger partial charge in [-0.3, -0.25) is 4.79 Å². The third-order valence-corrected chi connectivity index (χ3v) is 3.01. The van der Waals surface area contributed by atoms with E-state index in [4.69, 9.17) is 0 Å². The van der Waals surface area contributed by atoms with Gasteiger partial charge in [-0.1, -0.05) is 12.1 Å². The third kappa shape index (κ3) is 3.54. The number of hydrogen-bond donors (Lipinski definition) is 3. The molecule has 0 unspecified atom stereocenters. The summed E-state index contributed by atoms with van der Waals surface area (Å²) in [7, 11) is 3.71. The topological polar surface area (TPSA) is 85.2 Å². The van der Waals surface area contributed by atoms with Gasteiger partial charge >= 0.3 is 0 Å². The number of anilines is 1. The molecule has 6 heteroatoms. The molecular formula is C16H17N3O3. The highest BCUT2D eigenvalue weighted by Crippen LogP contribution is 2.24. The molecule has 114 valence electrons. The van der Waals surface area contributed by atoms with E-state index in [1.54, 1.807) is 18.2 Å². The Balaban J connectivity index is 2.10. The summed E-state index contributed by atoms with van der Waals surface area (Å²) in [5, 5.41) is 22.5. The first kappa shape index (κ1) is 15.4. The molecule has 0 atom stereocenters. The zero-order chi connectivity index (χ0) is 16.1. The summed E-state index contributed by atoms with van der Waals surface area (Å²) in [6.45, 7) is 0. The number of para-hydroxylation sites is 1. The Morgan fingerprint density at radius 1 is 1.14 bits per heavy atom. The van der Waals surface area contributed by atoms with Crippen LogP contribution in [0.1, 0.15) is 15.9 Å². The largest absolute Gasteiger partial charge is 0.504 e. The molecule has 2 aromatic carbocycles. The monoisotopic (exact) mass is 299 g/mol. The number of phenolic OH excluding ortho intramolecular Hbond substituents is 2. The fourth-order valence-electron chi connectivity index (χ4n) is 1.90. The van der Waals surface area contributed by atoms with Crippen molar-refractivity contribution in [3.05, 3.63) is 53.6 Å². The lowest BCUT2D eigenvalue weighted by atomic mass is 10.1. The van der Waals surface area contributed by atoms with E-state index in [2.05, 4.69) is 10.5 Å². The smallest absolute Gasteiger partial charge is 0.273 e. The van der Waals surface area contributed by atoms with E-state index in [9.17, 15) is 15.0 Å². The normalized spacial score (nSPS) is 10.6. The van der Waals surface area contributed by atoms with Crippen LogP contribution in [0, 0.1) is 0 Å². The van der Waals surface area contributed by atoms with Gasteiger partial charge in [0.25, 0.3) is 5.91 Å². The van der Waals surface area contributed by atoms with Crippen LogP contribution in [-0.4, -0.2) is 36.4 Å². The predicted molar refractivity (Wildman–Crippen MR) is 85.6 cm³/mol. The van der Waals surface area contributed by atoms with Crippen LogP contribution in [-0.2, 0) is 0 Å². The molecule has 0 spiro atoms. The fourth-order valence-corrected chi connectivity index (χ4v) is 1.90. The second kappa shape index (κ2) is 6.62. The number of carbonyl (C=O) groups is 1. The molecule has 2 aromatic rings. The van der Waals surface area contributed by atoms with Gasteiger partial charge in [0.05, 0.1) is 11.8 Å². The molecule has 0 radical (unpaired) electrons. The zero-order valence-electron chi connectivity index (χ0n) is 12.3. The summed E-state index contributed by atoms with van der Waals surface area (Å²) in [4.78, 5) is 14.0. The number of aromatic hydroxyl groups is 2. The molecule has 2 rings (SSSR count). The van der Waals surface area contributed by atoms with Crippen LogP contribution in [0.25, 0.3) is 0 Å². The molecule has 0 fully saturated rings. The van der Waals surface area contributed by atoms with Crippen LogP contribution in [0.4, 0.5) is 5.69 Å². The van der Waals surface area contributed by atoms with Crippen LogP contribution < -0.4 is 10.3 Å². The number of hydrazone groups is 1. The minimum Gasteiger partial charge on any atom is -0.504 e. The van der Waals surface area contributed by atoms with Crippen molar-refractivity contribution < 1.29 is 15.0 Å². The summed E-state index contributed by atoms with van der Waals surface area (Å²) in [5.41, 5.74) is 4.29. The van der Waals surface area contributed by atoms with Gasteiger partial charge in [0, 0.05) is 19.8 Å². The lowest BCUT2D eigenvalue weighted by Gasteiger charge is -2.15. The summed E-state index contributed by atoms with van der Waals surface area (Å²) in [6, 6.07) is 11.5. The van der Waals surface area contributed by atoms with Crippen LogP contribution in [0.3, 0.4) is 0 Å².